The molecule has 118 valence electrons. The van der Waals surface area contributed by atoms with Gasteiger partial charge in [0.05, 0.1) is 0 Å². The van der Waals surface area contributed by atoms with Crippen LogP contribution < -0.4 is 5.73 Å². The third-order valence-corrected chi connectivity index (χ3v) is 3.92. The zero-order chi connectivity index (χ0) is 16.0. The summed E-state index contributed by atoms with van der Waals surface area (Å²) in [5.74, 6) is 0. The Balaban J connectivity index is 2.04. The fourth-order valence-corrected chi connectivity index (χ4v) is 2.61. The molecule has 0 unspecified atom stereocenters. The van der Waals surface area contributed by atoms with Crippen molar-refractivity contribution < 1.29 is 0 Å². The molecule has 0 aliphatic rings. The smallest absolute Gasteiger partial charge is 0.0237 e. The number of nitrogens with two attached hydrogens (primary N) is 1. The molecule has 2 rings (SSSR count). The van der Waals surface area contributed by atoms with E-state index in [1.165, 1.54) is 16.7 Å². The van der Waals surface area contributed by atoms with Gasteiger partial charge in [0.2, 0.25) is 0 Å². The highest BCUT2D eigenvalue weighted by molar-refractivity contribution is 5.27. The first-order valence-electron chi connectivity index (χ1n) is 8.05. The fourth-order valence-electron chi connectivity index (χ4n) is 2.61. The third kappa shape index (κ3) is 4.97. The van der Waals surface area contributed by atoms with Crippen LogP contribution in [0.15, 0.2) is 54.6 Å². The average molecular weight is 296 g/mol. The van der Waals surface area contributed by atoms with E-state index < -0.39 is 0 Å². The van der Waals surface area contributed by atoms with Crippen molar-refractivity contribution in [3.63, 3.8) is 0 Å². The monoisotopic (exact) mass is 296 g/mol. The van der Waals surface area contributed by atoms with Crippen LogP contribution in [0.25, 0.3) is 0 Å². The minimum Gasteiger partial charge on any atom is -0.329 e. The van der Waals surface area contributed by atoms with Gasteiger partial charge in [0.1, 0.15) is 0 Å². The van der Waals surface area contributed by atoms with Crippen LogP contribution in [0, 0.1) is 0 Å². The van der Waals surface area contributed by atoms with Gasteiger partial charge in [-0.3, -0.25) is 4.90 Å². The molecule has 2 heteroatoms. The summed E-state index contributed by atoms with van der Waals surface area (Å²) in [6.07, 6.45) is 0. The second kappa shape index (κ2) is 7.57. The summed E-state index contributed by atoms with van der Waals surface area (Å²) >= 11 is 0. The van der Waals surface area contributed by atoms with E-state index in [1.807, 2.05) is 0 Å². The van der Waals surface area contributed by atoms with Gasteiger partial charge in [-0.05, 0) is 22.1 Å². The Kier molecular flexibility index (Phi) is 5.76. The number of benzene rings is 2. The largest absolute Gasteiger partial charge is 0.329 e. The Hall–Kier alpha value is -1.64. The van der Waals surface area contributed by atoms with E-state index in [2.05, 4.69) is 80.3 Å². The number of rotatable bonds is 6. The summed E-state index contributed by atoms with van der Waals surface area (Å²) in [5.41, 5.74) is 10.0. The second-order valence-electron chi connectivity index (χ2n) is 6.93. The van der Waals surface area contributed by atoms with Crippen molar-refractivity contribution in [2.45, 2.75) is 39.3 Å². The SMILES string of the molecule is CC(C)(C)c1ccc(CN(CCN)Cc2ccccc2)cc1. The van der Waals surface area contributed by atoms with Crippen molar-refractivity contribution in [2.24, 2.45) is 5.73 Å². The van der Waals surface area contributed by atoms with E-state index in [0.29, 0.717) is 6.54 Å². The van der Waals surface area contributed by atoms with Gasteiger partial charge < -0.3 is 5.73 Å². The summed E-state index contributed by atoms with van der Waals surface area (Å²) in [7, 11) is 0. The Morgan fingerprint density at radius 3 is 1.86 bits per heavy atom. The second-order valence-corrected chi connectivity index (χ2v) is 6.93. The average Bonchev–Trinajstić information content (AvgIpc) is 2.48. The molecule has 2 nitrogen and oxygen atoms in total. The van der Waals surface area contributed by atoms with Gasteiger partial charge in [-0.2, -0.15) is 0 Å². The van der Waals surface area contributed by atoms with Gasteiger partial charge in [-0.25, -0.2) is 0 Å². The first-order valence-corrected chi connectivity index (χ1v) is 8.05. The van der Waals surface area contributed by atoms with E-state index in [4.69, 9.17) is 5.73 Å². The number of hydrogen-bond donors (Lipinski definition) is 1. The highest BCUT2D eigenvalue weighted by atomic mass is 15.1. The zero-order valence-corrected chi connectivity index (χ0v) is 14.0. The Bertz CT molecular complexity index is 553. The molecule has 2 aromatic rings. The molecule has 0 atom stereocenters. The summed E-state index contributed by atoms with van der Waals surface area (Å²) in [4.78, 5) is 2.40. The molecule has 0 bridgehead atoms. The highest BCUT2D eigenvalue weighted by Crippen LogP contribution is 2.22. The minimum atomic E-state index is 0.208. The number of nitrogens with zero attached hydrogens (tertiary/aromatic N) is 1. The van der Waals surface area contributed by atoms with Crippen molar-refractivity contribution >= 4 is 0 Å². The van der Waals surface area contributed by atoms with Crippen LogP contribution in [0.3, 0.4) is 0 Å². The van der Waals surface area contributed by atoms with Gasteiger partial charge in [-0.1, -0.05) is 75.4 Å². The van der Waals surface area contributed by atoms with Crippen molar-refractivity contribution in [1.29, 1.82) is 0 Å². The molecule has 0 fully saturated rings. The molecular formula is C20H28N2. The summed E-state index contributed by atoms with van der Waals surface area (Å²) < 4.78 is 0. The van der Waals surface area contributed by atoms with Gasteiger partial charge in [0.25, 0.3) is 0 Å². The van der Waals surface area contributed by atoms with Gasteiger partial charge in [-0.15, -0.1) is 0 Å². The Morgan fingerprint density at radius 1 is 0.818 bits per heavy atom. The maximum Gasteiger partial charge on any atom is 0.0237 e. The summed E-state index contributed by atoms with van der Waals surface area (Å²) in [5, 5.41) is 0. The molecule has 2 N–H and O–H groups in total. The molecule has 0 aliphatic carbocycles. The van der Waals surface area contributed by atoms with E-state index in [9.17, 15) is 0 Å². The molecule has 0 spiro atoms. The van der Waals surface area contributed by atoms with Crippen LogP contribution in [0.4, 0.5) is 0 Å². The fraction of sp³-hybridized carbons (Fsp3) is 0.400. The maximum atomic E-state index is 5.78. The highest BCUT2D eigenvalue weighted by Gasteiger charge is 2.13. The van der Waals surface area contributed by atoms with E-state index in [-0.39, 0.29) is 5.41 Å². The quantitative estimate of drug-likeness (QED) is 0.874. The zero-order valence-electron chi connectivity index (χ0n) is 14.0. The van der Waals surface area contributed by atoms with Gasteiger partial charge in [0.15, 0.2) is 0 Å². The lowest BCUT2D eigenvalue weighted by molar-refractivity contribution is 0.264. The molecule has 0 radical (unpaired) electrons. The van der Waals surface area contributed by atoms with Crippen molar-refractivity contribution in [1.82, 2.24) is 4.90 Å². The maximum absolute atomic E-state index is 5.78. The molecule has 22 heavy (non-hydrogen) atoms. The van der Waals surface area contributed by atoms with Crippen LogP contribution in [0.1, 0.15) is 37.5 Å². The Morgan fingerprint density at radius 2 is 1.36 bits per heavy atom. The molecule has 0 aliphatic heterocycles. The normalized spacial score (nSPS) is 11.9. The predicted octanol–water partition coefficient (Wildman–Crippen LogP) is 3.95. The lowest BCUT2D eigenvalue weighted by Gasteiger charge is -2.23. The topological polar surface area (TPSA) is 29.3 Å². The Labute approximate surface area is 135 Å². The summed E-state index contributed by atoms with van der Waals surface area (Å²) in [6.45, 7) is 10.2. The lowest BCUT2D eigenvalue weighted by atomic mass is 9.87. The third-order valence-electron chi connectivity index (χ3n) is 3.92. The van der Waals surface area contributed by atoms with Crippen molar-refractivity contribution in [2.75, 3.05) is 13.1 Å². The van der Waals surface area contributed by atoms with Crippen LogP contribution >= 0.6 is 0 Å². The number of hydrogen-bond acceptors (Lipinski definition) is 2. The first kappa shape index (κ1) is 16.7. The van der Waals surface area contributed by atoms with Crippen molar-refractivity contribution in [3.8, 4) is 0 Å². The van der Waals surface area contributed by atoms with Gasteiger partial charge >= 0.3 is 0 Å². The van der Waals surface area contributed by atoms with Crippen LogP contribution in [-0.2, 0) is 18.5 Å². The molecule has 0 saturated carbocycles. The van der Waals surface area contributed by atoms with Crippen molar-refractivity contribution in [3.05, 3.63) is 71.3 Å². The minimum absolute atomic E-state index is 0.208. The molecule has 0 aromatic heterocycles. The molecule has 2 aromatic carbocycles. The van der Waals surface area contributed by atoms with Crippen LogP contribution in [0.2, 0.25) is 0 Å². The predicted molar refractivity (Wildman–Crippen MR) is 94.8 cm³/mol. The molecule has 0 saturated heterocycles. The molecule has 0 heterocycles. The lowest BCUT2D eigenvalue weighted by Crippen LogP contribution is -2.28. The standard InChI is InChI=1S/C20H28N2/c1-20(2,3)19-11-9-18(10-12-19)16-22(14-13-21)15-17-7-5-4-6-8-17/h4-12H,13-16,21H2,1-3H3. The van der Waals surface area contributed by atoms with E-state index >= 15 is 0 Å². The molecule has 0 amide bonds. The van der Waals surface area contributed by atoms with Gasteiger partial charge in [0, 0.05) is 26.2 Å². The van der Waals surface area contributed by atoms with Crippen LogP contribution in [0.5, 0.6) is 0 Å². The van der Waals surface area contributed by atoms with E-state index in [1.54, 1.807) is 0 Å². The first-order chi connectivity index (χ1) is 10.5. The van der Waals surface area contributed by atoms with E-state index in [0.717, 1.165) is 19.6 Å². The molecular weight excluding hydrogens is 268 g/mol. The summed E-state index contributed by atoms with van der Waals surface area (Å²) in [6, 6.07) is 19.6. The van der Waals surface area contributed by atoms with Crippen LogP contribution in [-0.4, -0.2) is 18.0 Å².